The Balaban J connectivity index is 2.57. The Morgan fingerprint density at radius 3 is 2.00 bits per heavy atom. The Hall–Kier alpha value is -0.860. The van der Waals surface area contributed by atoms with E-state index in [9.17, 15) is 9.59 Å². The summed E-state index contributed by atoms with van der Waals surface area (Å²) < 4.78 is 0. The molecule has 1 aliphatic carbocycles. The first-order valence-electron chi connectivity index (χ1n) is 5.77. The predicted octanol–water partition coefficient (Wildman–Crippen LogP) is 1.76. The van der Waals surface area contributed by atoms with Gasteiger partial charge in [0.2, 0.25) is 5.91 Å². The lowest BCUT2D eigenvalue weighted by atomic mass is 9.93. The van der Waals surface area contributed by atoms with Crippen LogP contribution in [0.3, 0.4) is 0 Å². The van der Waals surface area contributed by atoms with Crippen molar-refractivity contribution in [3.63, 3.8) is 0 Å². The zero-order chi connectivity index (χ0) is 11.6. The van der Waals surface area contributed by atoms with Gasteiger partial charge in [-0.3, -0.25) is 9.59 Å². The van der Waals surface area contributed by atoms with Crippen LogP contribution in [0.4, 0.5) is 0 Å². The molecule has 1 aliphatic rings. The molecular weight excluding hydrogens is 190 g/mol. The van der Waals surface area contributed by atoms with Crippen molar-refractivity contribution in [1.82, 2.24) is 5.32 Å². The molecule has 0 heterocycles. The van der Waals surface area contributed by atoms with E-state index in [1.165, 1.54) is 0 Å². The van der Waals surface area contributed by atoms with Crippen LogP contribution in [0.5, 0.6) is 0 Å². The second kappa shape index (κ2) is 4.77. The molecule has 0 radical (unpaired) electrons. The first-order chi connectivity index (χ1) is 6.93. The second-order valence-corrected chi connectivity index (χ2v) is 5.06. The summed E-state index contributed by atoms with van der Waals surface area (Å²) >= 11 is 0. The molecule has 86 valence electrons. The van der Waals surface area contributed by atoms with Crippen LogP contribution in [0.25, 0.3) is 0 Å². The summed E-state index contributed by atoms with van der Waals surface area (Å²) in [7, 11) is 0. The zero-order valence-electron chi connectivity index (χ0n) is 10.0. The molecule has 1 saturated carbocycles. The predicted molar refractivity (Wildman–Crippen MR) is 59.3 cm³/mol. The Kier molecular flexibility index (Phi) is 3.89. The van der Waals surface area contributed by atoms with Crippen LogP contribution in [-0.2, 0) is 9.59 Å². The van der Waals surface area contributed by atoms with E-state index in [0.29, 0.717) is 0 Å². The van der Waals surface area contributed by atoms with E-state index in [1.54, 1.807) is 0 Å². The molecule has 1 unspecified atom stereocenters. The van der Waals surface area contributed by atoms with Gasteiger partial charge in [-0.15, -0.1) is 0 Å². The third kappa shape index (κ3) is 3.33. The maximum atomic E-state index is 11.8. The number of carbonyl (C=O) groups excluding carboxylic acids is 2. The van der Waals surface area contributed by atoms with Crippen LogP contribution >= 0.6 is 0 Å². The molecule has 3 nitrogen and oxygen atoms in total. The molecule has 1 rings (SSSR count). The van der Waals surface area contributed by atoms with Crippen molar-refractivity contribution >= 4 is 11.7 Å². The highest BCUT2D eigenvalue weighted by atomic mass is 16.2. The third-order valence-corrected chi connectivity index (χ3v) is 2.79. The van der Waals surface area contributed by atoms with Crippen molar-refractivity contribution in [2.75, 3.05) is 0 Å². The topological polar surface area (TPSA) is 46.2 Å². The van der Waals surface area contributed by atoms with Gasteiger partial charge < -0.3 is 5.32 Å². The molecular formula is C12H21NO2. The average Bonchev–Trinajstić information content (AvgIpc) is 2.94. The first-order valence-corrected chi connectivity index (χ1v) is 5.77. The van der Waals surface area contributed by atoms with Gasteiger partial charge in [-0.25, -0.2) is 0 Å². The molecule has 0 aromatic rings. The maximum absolute atomic E-state index is 11.8. The molecule has 0 saturated heterocycles. The SMILES string of the molecule is CC(C)C(=O)C(NC(=O)C1CC1)C(C)C. The van der Waals surface area contributed by atoms with Gasteiger partial charge in [0.25, 0.3) is 0 Å². The zero-order valence-corrected chi connectivity index (χ0v) is 10.0. The van der Waals surface area contributed by atoms with Gasteiger partial charge in [-0.2, -0.15) is 0 Å². The van der Waals surface area contributed by atoms with E-state index >= 15 is 0 Å². The molecule has 0 aromatic carbocycles. The van der Waals surface area contributed by atoms with Gasteiger partial charge in [-0.1, -0.05) is 27.7 Å². The number of hydrogen-bond acceptors (Lipinski definition) is 2. The minimum Gasteiger partial charge on any atom is -0.346 e. The Morgan fingerprint density at radius 2 is 1.67 bits per heavy atom. The fraction of sp³-hybridized carbons (Fsp3) is 0.833. The second-order valence-electron chi connectivity index (χ2n) is 5.06. The highest BCUT2D eigenvalue weighted by Crippen LogP contribution is 2.29. The van der Waals surface area contributed by atoms with Gasteiger partial charge >= 0.3 is 0 Å². The standard InChI is InChI=1S/C12H21NO2/c1-7(2)10(11(14)8(3)4)13-12(15)9-5-6-9/h7-10H,5-6H2,1-4H3,(H,13,15). The minimum atomic E-state index is -0.307. The summed E-state index contributed by atoms with van der Waals surface area (Å²) in [5.74, 6) is 0.521. The smallest absolute Gasteiger partial charge is 0.223 e. The van der Waals surface area contributed by atoms with Gasteiger partial charge in [0.1, 0.15) is 0 Å². The van der Waals surface area contributed by atoms with Crippen LogP contribution in [0.1, 0.15) is 40.5 Å². The monoisotopic (exact) mass is 211 g/mol. The quantitative estimate of drug-likeness (QED) is 0.753. The van der Waals surface area contributed by atoms with Crippen molar-refractivity contribution < 1.29 is 9.59 Å². The molecule has 1 fully saturated rings. The number of hydrogen-bond donors (Lipinski definition) is 1. The fourth-order valence-corrected chi connectivity index (χ4v) is 1.54. The molecule has 0 spiro atoms. The summed E-state index contributed by atoms with van der Waals surface area (Å²) in [6, 6.07) is -0.307. The Morgan fingerprint density at radius 1 is 1.13 bits per heavy atom. The van der Waals surface area contributed by atoms with Gasteiger partial charge in [0.15, 0.2) is 5.78 Å². The van der Waals surface area contributed by atoms with E-state index in [1.807, 2.05) is 27.7 Å². The van der Waals surface area contributed by atoms with Crippen LogP contribution in [-0.4, -0.2) is 17.7 Å². The highest BCUT2D eigenvalue weighted by Gasteiger charge is 2.33. The van der Waals surface area contributed by atoms with Gasteiger partial charge in [0, 0.05) is 11.8 Å². The van der Waals surface area contributed by atoms with Crippen molar-refractivity contribution in [3.8, 4) is 0 Å². The number of amides is 1. The van der Waals surface area contributed by atoms with Crippen molar-refractivity contribution in [2.24, 2.45) is 17.8 Å². The van der Waals surface area contributed by atoms with Gasteiger partial charge in [-0.05, 0) is 18.8 Å². The number of nitrogens with one attached hydrogen (secondary N) is 1. The average molecular weight is 211 g/mol. The number of rotatable bonds is 5. The molecule has 1 N–H and O–H groups in total. The van der Waals surface area contributed by atoms with Crippen LogP contribution in [0.2, 0.25) is 0 Å². The van der Waals surface area contributed by atoms with E-state index in [2.05, 4.69) is 5.32 Å². The summed E-state index contributed by atoms with van der Waals surface area (Å²) in [5, 5.41) is 2.87. The highest BCUT2D eigenvalue weighted by molar-refractivity contribution is 5.91. The van der Waals surface area contributed by atoms with Crippen molar-refractivity contribution in [2.45, 2.75) is 46.6 Å². The van der Waals surface area contributed by atoms with E-state index in [-0.39, 0.29) is 35.5 Å². The molecule has 15 heavy (non-hydrogen) atoms. The van der Waals surface area contributed by atoms with Crippen molar-refractivity contribution in [3.05, 3.63) is 0 Å². The Bertz CT molecular complexity index is 254. The minimum absolute atomic E-state index is 0.0168. The lowest BCUT2D eigenvalue weighted by Gasteiger charge is -2.22. The normalized spacial score (nSPS) is 18.0. The summed E-state index contributed by atoms with van der Waals surface area (Å²) in [6.07, 6.45) is 1.96. The summed E-state index contributed by atoms with van der Waals surface area (Å²) in [4.78, 5) is 23.4. The maximum Gasteiger partial charge on any atom is 0.223 e. The molecule has 0 aromatic heterocycles. The molecule has 1 atom stereocenters. The molecule has 0 bridgehead atoms. The lowest BCUT2D eigenvalue weighted by molar-refractivity contribution is -0.131. The number of carbonyl (C=O) groups is 2. The van der Waals surface area contributed by atoms with Crippen LogP contribution in [0, 0.1) is 17.8 Å². The van der Waals surface area contributed by atoms with Crippen LogP contribution in [0.15, 0.2) is 0 Å². The molecule has 0 aliphatic heterocycles. The number of ketones is 1. The fourth-order valence-electron chi connectivity index (χ4n) is 1.54. The van der Waals surface area contributed by atoms with Crippen LogP contribution < -0.4 is 5.32 Å². The first kappa shape index (κ1) is 12.2. The Labute approximate surface area is 91.6 Å². The van der Waals surface area contributed by atoms with E-state index < -0.39 is 0 Å². The lowest BCUT2D eigenvalue weighted by Crippen LogP contribution is -2.46. The summed E-state index contributed by atoms with van der Waals surface area (Å²) in [6.45, 7) is 7.69. The number of Topliss-reactive ketones (excluding diaryl/α,β-unsaturated/α-hetero) is 1. The third-order valence-electron chi connectivity index (χ3n) is 2.79. The summed E-state index contributed by atoms with van der Waals surface area (Å²) in [5.41, 5.74) is 0. The molecule has 1 amide bonds. The van der Waals surface area contributed by atoms with E-state index in [0.717, 1.165) is 12.8 Å². The molecule has 3 heteroatoms. The van der Waals surface area contributed by atoms with E-state index in [4.69, 9.17) is 0 Å². The van der Waals surface area contributed by atoms with Crippen molar-refractivity contribution in [1.29, 1.82) is 0 Å². The largest absolute Gasteiger partial charge is 0.346 e. The van der Waals surface area contributed by atoms with Gasteiger partial charge in [0.05, 0.1) is 6.04 Å².